The van der Waals surface area contributed by atoms with E-state index in [0.29, 0.717) is 0 Å². The van der Waals surface area contributed by atoms with Crippen LogP contribution in [0.15, 0.2) is 12.1 Å². The highest BCUT2D eigenvalue weighted by molar-refractivity contribution is 5.51. The average molecular weight is 190 g/mol. The summed E-state index contributed by atoms with van der Waals surface area (Å²) in [4.78, 5) is 4.40. The van der Waals surface area contributed by atoms with Gasteiger partial charge in [0.15, 0.2) is 11.5 Å². The van der Waals surface area contributed by atoms with Crippen molar-refractivity contribution >= 4 is 11.3 Å². The molecule has 0 radical (unpaired) electrons. The lowest BCUT2D eigenvalue weighted by Gasteiger charge is -2.00. The summed E-state index contributed by atoms with van der Waals surface area (Å²) in [7, 11) is 0. The number of hydrogen-bond acceptors (Lipinski definition) is 3. The summed E-state index contributed by atoms with van der Waals surface area (Å²) in [5, 5.41) is 4.39. The molecule has 0 atom stereocenters. The van der Waals surface area contributed by atoms with Crippen LogP contribution in [0, 0.1) is 6.92 Å². The van der Waals surface area contributed by atoms with Crippen LogP contribution in [-0.4, -0.2) is 14.6 Å². The molecule has 4 nitrogen and oxygen atoms in total. The van der Waals surface area contributed by atoms with Crippen LogP contribution in [0.2, 0.25) is 0 Å². The Morgan fingerprint density at radius 2 is 2.21 bits per heavy atom. The number of aromatic nitrogens is 3. The number of hydrogen-bond donors (Lipinski definition) is 1. The summed E-state index contributed by atoms with van der Waals surface area (Å²) >= 11 is 0. The molecule has 74 valence electrons. The molecule has 0 aliphatic heterocycles. The van der Waals surface area contributed by atoms with Crippen LogP contribution in [0.4, 0.5) is 5.69 Å². The van der Waals surface area contributed by atoms with Crippen LogP contribution >= 0.6 is 0 Å². The number of nitrogens with zero attached hydrogens (tertiary/aromatic N) is 3. The van der Waals surface area contributed by atoms with Gasteiger partial charge < -0.3 is 5.73 Å². The number of nitrogens with two attached hydrogens (primary N) is 1. The molecule has 4 heteroatoms. The van der Waals surface area contributed by atoms with E-state index in [1.165, 1.54) is 0 Å². The van der Waals surface area contributed by atoms with E-state index in [1.807, 2.05) is 19.1 Å². The fraction of sp³-hybridized carbons (Fsp3) is 0.400. The highest BCUT2D eigenvalue weighted by Crippen LogP contribution is 2.12. The molecule has 0 fully saturated rings. The summed E-state index contributed by atoms with van der Waals surface area (Å²) in [6.07, 6.45) is 1.98. The molecule has 0 aliphatic rings. The minimum absolute atomic E-state index is 0.755. The summed E-state index contributed by atoms with van der Waals surface area (Å²) in [5.74, 6) is 0.890. The van der Waals surface area contributed by atoms with Gasteiger partial charge in [0.1, 0.15) is 0 Å². The van der Waals surface area contributed by atoms with Crippen molar-refractivity contribution in [3.8, 4) is 0 Å². The zero-order chi connectivity index (χ0) is 10.1. The van der Waals surface area contributed by atoms with Crippen LogP contribution in [0.25, 0.3) is 5.65 Å². The van der Waals surface area contributed by atoms with E-state index in [9.17, 15) is 0 Å². The lowest BCUT2D eigenvalue weighted by atomic mass is 10.3. The molecule has 0 unspecified atom stereocenters. The molecule has 2 aromatic heterocycles. The van der Waals surface area contributed by atoms with Crippen molar-refractivity contribution in [2.45, 2.75) is 26.7 Å². The number of fused-ring (bicyclic) bond motifs is 1. The van der Waals surface area contributed by atoms with E-state index < -0.39 is 0 Å². The standard InChI is InChI=1S/C10H14N4/c1-3-4-9-12-10-6-5-8(11)7(2)14(10)13-9/h5-6H,3-4,11H2,1-2H3. The average Bonchev–Trinajstić information content (AvgIpc) is 2.56. The first-order valence-corrected chi connectivity index (χ1v) is 4.83. The first-order valence-electron chi connectivity index (χ1n) is 4.83. The third-order valence-electron chi connectivity index (χ3n) is 2.30. The molecule has 0 amide bonds. The van der Waals surface area contributed by atoms with Gasteiger partial charge in [0.25, 0.3) is 0 Å². The van der Waals surface area contributed by atoms with Crippen molar-refractivity contribution in [1.82, 2.24) is 14.6 Å². The highest BCUT2D eigenvalue weighted by Gasteiger charge is 2.05. The second-order valence-corrected chi connectivity index (χ2v) is 3.42. The van der Waals surface area contributed by atoms with Crippen molar-refractivity contribution < 1.29 is 0 Å². The monoisotopic (exact) mass is 190 g/mol. The molecule has 14 heavy (non-hydrogen) atoms. The van der Waals surface area contributed by atoms with Crippen LogP contribution in [-0.2, 0) is 6.42 Å². The largest absolute Gasteiger partial charge is 0.397 e. The molecule has 0 aromatic carbocycles. The molecular weight excluding hydrogens is 176 g/mol. The van der Waals surface area contributed by atoms with Crippen LogP contribution in [0.3, 0.4) is 0 Å². The maximum atomic E-state index is 5.78. The third-order valence-corrected chi connectivity index (χ3v) is 2.30. The lowest BCUT2D eigenvalue weighted by molar-refractivity contribution is 0.809. The maximum absolute atomic E-state index is 5.78. The minimum Gasteiger partial charge on any atom is -0.397 e. The number of aryl methyl sites for hydroxylation is 2. The summed E-state index contributed by atoms with van der Waals surface area (Å²) < 4.78 is 1.81. The Morgan fingerprint density at radius 3 is 2.93 bits per heavy atom. The Bertz CT molecular complexity index is 458. The van der Waals surface area contributed by atoms with Gasteiger partial charge in [-0.05, 0) is 25.5 Å². The Labute approximate surface area is 82.8 Å². The lowest BCUT2D eigenvalue weighted by Crippen LogP contribution is -1.99. The van der Waals surface area contributed by atoms with E-state index in [4.69, 9.17) is 5.73 Å². The zero-order valence-electron chi connectivity index (χ0n) is 8.49. The van der Waals surface area contributed by atoms with Gasteiger partial charge in [0, 0.05) is 6.42 Å². The molecule has 0 saturated carbocycles. The Morgan fingerprint density at radius 1 is 1.43 bits per heavy atom. The normalized spacial score (nSPS) is 11.0. The quantitative estimate of drug-likeness (QED) is 0.782. The summed E-state index contributed by atoms with van der Waals surface area (Å²) in [6, 6.07) is 3.77. The number of pyridine rings is 1. The van der Waals surface area contributed by atoms with Gasteiger partial charge in [-0.25, -0.2) is 9.50 Å². The molecule has 2 heterocycles. The van der Waals surface area contributed by atoms with Gasteiger partial charge in [-0.15, -0.1) is 0 Å². The van der Waals surface area contributed by atoms with E-state index >= 15 is 0 Å². The first-order chi connectivity index (χ1) is 6.72. The topological polar surface area (TPSA) is 56.2 Å². The SMILES string of the molecule is CCCc1nc2ccc(N)c(C)n2n1. The minimum atomic E-state index is 0.755. The van der Waals surface area contributed by atoms with E-state index in [1.54, 1.807) is 4.52 Å². The Kier molecular flexibility index (Phi) is 2.11. The molecule has 2 rings (SSSR count). The molecule has 2 N–H and O–H groups in total. The van der Waals surface area contributed by atoms with Gasteiger partial charge in [-0.1, -0.05) is 6.92 Å². The second-order valence-electron chi connectivity index (χ2n) is 3.42. The Balaban J connectivity index is 2.59. The van der Waals surface area contributed by atoms with Crippen LogP contribution in [0.1, 0.15) is 24.9 Å². The van der Waals surface area contributed by atoms with Crippen molar-refractivity contribution in [1.29, 1.82) is 0 Å². The van der Waals surface area contributed by atoms with Crippen molar-refractivity contribution in [3.63, 3.8) is 0 Å². The van der Waals surface area contributed by atoms with E-state index in [-0.39, 0.29) is 0 Å². The van der Waals surface area contributed by atoms with Crippen LogP contribution < -0.4 is 5.73 Å². The molecule has 0 bridgehead atoms. The second kappa shape index (κ2) is 3.29. The molecule has 2 aromatic rings. The van der Waals surface area contributed by atoms with Crippen LogP contribution in [0.5, 0.6) is 0 Å². The van der Waals surface area contributed by atoms with Gasteiger partial charge in [0.05, 0.1) is 11.4 Å². The van der Waals surface area contributed by atoms with Crippen molar-refractivity contribution in [2.75, 3.05) is 5.73 Å². The number of anilines is 1. The Hall–Kier alpha value is -1.58. The maximum Gasteiger partial charge on any atom is 0.156 e. The highest BCUT2D eigenvalue weighted by atomic mass is 15.3. The molecule has 0 saturated heterocycles. The number of rotatable bonds is 2. The smallest absolute Gasteiger partial charge is 0.156 e. The third kappa shape index (κ3) is 1.32. The molecule has 0 aliphatic carbocycles. The summed E-state index contributed by atoms with van der Waals surface area (Å²) in [5.41, 5.74) is 8.37. The fourth-order valence-electron chi connectivity index (χ4n) is 1.46. The summed E-state index contributed by atoms with van der Waals surface area (Å²) in [6.45, 7) is 4.07. The molecular formula is C10H14N4. The fourth-order valence-corrected chi connectivity index (χ4v) is 1.46. The van der Waals surface area contributed by atoms with Gasteiger partial charge >= 0.3 is 0 Å². The predicted molar refractivity (Wildman–Crippen MR) is 56.1 cm³/mol. The van der Waals surface area contributed by atoms with Gasteiger partial charge in [0.2, 0.25) is 0 Å². The van der Waals surface area contributed by atoms with Gasteiger partial charge in [-0.3, -0.25) is 0 Å². The zero-order valence-corrected chi connectivity index (χ0v) is 8.49. The number of nitrogen functional groups attached to an aromatic ring is 1. The van der Waals surface area contributed by atoms with Crippen molar-refractivity contribution in [3.05, 3.63) is 23.7 Å². The van der Waals surface area contributed by atoms with Crippen molar-refractivity contribution in [2.24, 2.45) is 0 Å². The van der Waals surface area contributed by atoms with Gasteiger partial charge in [-0.2, -0.15) is 5.10 Å². The first kappa shape index (κ1) is 8.99. The van der Waals surface area contributed by atoms with E-state index in [0.717, 1.165) is 35.7 Å². The van der Waals surface area contributed by atoms with E-state index in [2.05, 4.69) is 17.0 Å². The molecule has 0 spiro atoms. The predicted octanol–water partition coefficient (Wildman–Crippen LogP) is 1.57.